The van der Waals surface area contributed by atoms with Crippen molar-refractivity contribution in [2.75, 3.05) is 30.2 Å². The Labute approximate surface area is 156 Å². The lowest BCUT2D eigenvalue weighted by molar-refractivity contribution is -0.114. The van der Waals surface area contributed by atoms with Crippen LogP contribution in [0.3, 0.4) is 0 Å². The minimum atomic E-state index is -0.124. The van der Waals surface area contributed by atoms with Gasteiger partial charge in [-0.3, -0.25) is 4.79 Å². The quantitative estimate of drug-likeness (QED) is 0.678. The fourth-order valence-corrected chi connectivity index (χ4v) is 2.67. The molecule has 6 nitrogen and oxygen atoms in total. The molecule has 0 saturated heterocycles. The molecule has 2 aromatic rings. The highest BCUT2D eigenvalue weighted by Gasteiger charge is 2.14. The first-order valence-electron chi connectivity index (χ1n) is 7.30. The van der Waals surface area contributed by atoms with Crippen LogP contribution in [0.2, 0.25) is 5.02 Å². The third-order valence-corrected chi connectivity index (χ3v) is 3.76. The van der Waals surface area contributed by atoms with Crippen LogP contribution in [0.15, 0.2) is 36.4 Å². The van der Waals surface area contributed by atoms with Crippen LogP contribution in [0, 0.1) is 0 Å². The van der Waals surface area contributed by atoms with Gasteiger partial charge >= 0.3 is 0 Å². The minimum Gasteiger partial charge on any atom is -0.495 e. The Balaban J connectivity index is 2.07. The number of carbonyl (C=O) groups is 1. The largest absolute Gasteiger partial charge is 0.495 e. The number of halogens is 1. The number of amides is 1. The number of nitrogens with one attached hydrogen (secondary N) is 3. The second kappa shape index (κ2) is 8.55. The first-order valence-corrected chi connectivity index (χ1v) is 8.09. The summed E-state index contributed by atoms with van der Waals surface area (Å²) < 4.78 is 10.5. The van der Waals surface area contributed by atoms with Crippen molar-refractivity contribution in [3.63, 3.8) is 0 Å². The van der Waals surface area contributed by atoms with Crippen LogP contribution in [0.1, 0.15) is 6.92 Å². The fraction of sp³-hybridized carbons (Fsp3) is 0.176. The lowest BCUT2D eigenvalue weighted by Crippen LogP contribution is -2.19. The molecule has 1 amide bonds. The first-order chi connectivity index (χ1) is 11.9. The van der Waals surface area contributed by atoms with E-state index in [9.17, 15) is 4.79 Å². The summed E-state index contributed by atoms with van der Waals surface area (Å²) >= 11 is 11.5. The van der Waals surface area contributed by atoms with Crippen molar-refractivity contribution in [3.05, 3.63) is 41.4 Å². The minimum absolute atomic E-state index is 0.124. The van der Waals surface area contributed by atoms with Gasteiger partial charge in [0.2, 0.25) is 5.91 Å². The first kappa shape index (κ1) is 18.8. The topological polar surface area (TPSA) is 71.6 Å². The van der Waals surface area contributed by atoms with E-state index in [4.69, 9.17) is 33.3 Å². The van der Waals surface area contributed by atoms with Gasteiger partial charge in [0.15, 0.2) is 10.9 Å². The predicted molar refractivity (Wildman–Crippen MR) is 105 cm³/mol. The number of ether oxygens (including phenoxy) is 2. The van der Waals surface area contributed by atoms with Gasteiger partial charge in [-0.15, -0.1) is 0 Å². The summed E-state index contributed by atoms with van der Waals surface area (Å²) in [6.45, 7) is 1.46. The maximum atomic E-state index is 11.0. The average molecular weight is 380 g/mol. The standard InChI is InChI=1S/C17H18ClN3O3S/c1-10(22)19-11-4-6-12(7-5-11)20-17(25)21-13-8-9-14(23-2)15(18)16(13)24-3/h4-9H,1-3H3,(H,19,22)(H2,20,21,25). The molecule has 0 fully saturated rings. The van der Waals surface area contributed by atoms with Crippen LogP contribution in [0.4, 0.5) is 17.1 Å². The molecule has 0 bridgehead atoms. The van der Waals surface area contributed by atoms with E-state index in [0.29, 0.717) is 33.0 Å². The monoisotopic (exact) mass is 379 g/mol. The maximum Gasteiger partial charge on any atom is 0.221 e. The van der Waals surface area contributed by atoms with Crippen molar-refractivity contribution in [1.29, 1.82) is 0 Å². The highest BCUT2D eigenvalue weighted by molar-refractivity contribution is 7.80. The maximum absolute atomic E-state index is 11.0. The van der Waals surface area contributed by atoms with Gasteiger partial charge in [-0.1, -0.05) is 11.6 Å². The Morgan fingerprint density at radius 3 is 2.08 bits per heavy atom. The van der Waals surface area contributed by atoms with Gasteiger partial charge in [0.25, 0.3) is 0 Å². The number of carbonyl (C=O) groups excluding carboxylic acids is 1. The molecule has 8 heteroatoms. The van der Waals surface area contributed by atoms with Crippen molar-refractivity contribution in [2.45, 2.75) is 6.92 Å². The highest BCUT2D eigenvalue weighted by Crippen LogP contribution is 2.39. The van der Waals surface area contributed by atoms with E-state index in [1.54, 1.807) is 36.4 Å². The van der Waals surface area contributed by atoms with Crippen molar-refractivity contribution in [2.24, 2.45) is 0 Å². The van der Waals surface area contributed by atoms with Crippen molar-refractivity contribution < 1.29 is 14.3 Å². The molecule has 3 N–H and O–H groups in total. The van der Waals surface area contributed by atoms with Gasteiger partial charge in [-0.25, -0.2) is 0 Å². The van der Waals surface area contributed by atoms with Gasteiger partial charge in [0, 0.05) is 18.3 Å². The molecular weight excluding hydrogens is 362 g/mol. The lowest BCUT2D eigenvalue weighted by Gasteiger charge is -2.16. The number of anilines is 3. The summed E-state index contributed by atoms with van der Waals surface area (Å²) in [6.07, 6.45) is 0. The third kappa shape index (κ3) is 4.98. The number of hydrogen-bond acceptors (Lipinski definition) is 4. The third-order valence-electron chi connectivity index (χ3n) is 3.20. The molecule has 0 aliphatic heterocycles. The second-order valence-electron chi connectivity index (χ2n) is 5.00. The molecule has 132 valence electrons. The zero-order valence-electron chi connectivity index (χ0n) is 14.0. The summed E-state index contributed by atoms with van der Waals surface area (Å²) in [5.41, 5.74) is 2.09. The van der Waals surface area contributed by atoms with Gasteiger partial charge in [-0.2, -0.15) is 0 Å². The van der Waals surface area contributed by atoms with Crippen molar-refractivity contribution >= 4 is 51.9 Å². The smallest absolute Gasteiger partial charge is 0.221 e. The van der Waals surface area contributed by atoms with Gasteiger partial charge in [0.1, 0.15) is 10.8 Å². The van der Waals surface area contributed by atoms with E-state index < -0.39 is 0 Å². The van der Waals surface area contributed by atoms with Crippen molar-refractivity contribution in [1.82, 2.24) is 0 Å². The molecule has 0 aromatic heterocycles. The van der Waals surface area contributed by atoms with E-state index >= 15 is 0 Å². The van der Waals surface area contributed by atoms with E-state index in [0.717, 1.165) is 5.69 Å². The zero-order valence-corrected chi connectivity index (χ0v) is 15.5. The van der Waals surface area contributed by atoms with E-state index in [-0.39, 0.29) is 5.91 Å². The molecule has 0 aliphatic carbocycles. The number of hydrogen-bond donors (Lipinski definition) is 3. The van der Waals surface area contributed by atoms with Crippen LogP contribution < -0.4 is 25.4 Å². The average Bonchev–Trinajstić information content (AvgIpc) is 2.56. The Morgan fingerprint density at radius 1 is 0.960 bits per heavy atom. The molecule has 0 atom stereocenters. The fourth-order valence-electron chi connectivity index (χ4n) is 2.12. The van der Waals surface area contributed by atoms with E-state index in [2.05, 4.69) is 16.0 Å². The molecule has 0 heterocycles. The molecule has 0 aliphatic rings. The van der Waals surface area contributed by atoms with Gasteiger partial charge in [-0.05, 0) is 48.6 Å². The summed E-state index contributed by atoms with van der Waals surface area (Å²) in [4.78, 5) is 11.0. The number of methoxy groups -OCH3 is 2. The van der Waals surface area contributed by atoms with Gasteiger partial charge in [0.05, 0.1) is 19.9 Å². The molecule has 0 unspecified atom stereocenters. The summed E-state index contributed by atoms with van der Waals surface area (Å²) in [5, 5.41) is 9.51. The van der Waals surface area contributed by atoms with Crippen LogP contribution in [0.5, 0.6) is 11.5 Å². The number of rotatable bonds is 5. The lowest BCUT2D eigenvalue weighted by atomic mass is 10.2. The van der Waals surface area contributed by atoms with E-state index in [1.807, 2.05) is 0 Å². The SMILES string of the molecule is COc1ccc(NC(=S)Nc2ccc(NC(C)=O)cc2)c(OC)c1Cl. The Hall–Kier alpha value is -2.51. The molecule has 0 spiro atoms. The molecule has 0 radical (unpaired) electrons. The van der Waals surface area contributed by atoms with Crippen LogP contribution in [-0.4, -0.2) is 25.2 Å². The number of thiocarbonyl (C=S) groups is 1. The van der Waals surface area contributed by atoms with Crippen molar-refractivity contribution in [3.8, 4) is 11.5 Å². The summed E-state index contributed by atoms with van der Waals surface area (Å²) in [5.74, 6) is 0.823. The number of benzene rings is 2. The zero-order chi connectivity index (χ0) is 18.4. The Bertz CT molecular complexity index is 781. The molecule has 25 heavy (non-hydrogen) atoms. The molecule has 2 aromatic carbocycles. The second-order valence-corrected chi connectivity index (χ2v) is 5.79. The molecular formula is C17H18ClN3O3S. The van der Waals surface area contributed by atoms with Crippen LogP contribution in [-0.2, 0) is 4.79 Å². The highest BCUT2D eigenvalue weighted by atomic mass is 35.5. The van der Waals surface area contributed by atoms with E-state index in [1.165, 1.54) is 21.1 Å². The summed E-state index contributed by atoms with van der Waals surface area (Å²) in [7, 11) is 3.05. The van der Waals surface area contributed by atoms with Gasteiger partial charge < -0.3 is 25.4 Å². The Morgan fingerprint density at radius 2 is 1.56 bits per heavy atom. The van der Waals surface area contributed by atoms with Crippen LogP contribution in [0.25, 0.3) is 0 Å². The summed E-state index contributed by atoms with van der Waals surface area (Å²) in [6, 6.07) is 10.6. The Kier molecular flexibility index (Phi) is 6.44. The predicted octanol–water partition coefficient (Wildman–Crippen LogP) is 4.12. The molecule has 0 saturated carbocycles. The molecule has 2 rings (SSSR count). The normalized spacial score (nSPS) is 9.92. The van der Waals surface area contributed by atoms with Crippen LogP contribution >= 0.6 is 23.8 Å².